The first-order valence-electron chi connectivity index (χ1n) is 14.6. The van der Waals surface area contributed by atoms with Crippen LogP contribution in [0.25, 0.3) is 0 Å². The van der Waals surface area contributed by atoms with Gasteiger partial charge in [0.1, 0.15) is 11.4 Å². The van der Waals surface area contributed by atoms with Gasteiger partial charge in [-0.2, -0.15) is 0 Å². The quantitative estimate of drug-likeness (QED) is 0.203. The van der Waals surface area contributed by atoms with Crippen molar-refractivity contribution in [2.45, 2.75) is 6.42 Å². The number of carbonyl (C=O) groups excluding carboxylic acids is 3. The number of ether oxygens (including phenoxy) is 1. The molecular weight excluding hydrogens is 556 g/mol. The van der Waals surface area contributed by atoms with Crippen molar-refractivity contribution in [3.63, 3.8) is 0 Å². The van der Waals surface area contributed by atoms with Gasteiger partial charge in [-0.05, 0) is 61.5 Å². The van der Waals surface area contributed by atoms with Crippen LogP contribution in [0.1, 0.15) is 48.9 Å². The summed E-state index contributed by atoms with van der Waals surface area (Å²) in [5.41, 5.74) is 3.98. The van der Waals surface area contributed by atoms with Crippen LogP contribution in [-0.2, 0) is 18.8 Å². The molecule has 0 radical (unpaired) electrons. The van der Waals surface area contributed by atoms with E-state index in [1.54, 1.807) is 72.0 Å². The molecule has 0 spiro atoms. The van der Waals surface area contributed by atoms with Crippen LogP contribution in [0, 0.1) is 11.8 Å². The molecule has 1 aliphatic rings. The summed E-state index contributed by atoms with van der Waals surface area (Å²) in [6.07, 6.45) is 4.22. The Kier molecular flexibility index (Phi) is 9.92. The molecule has 10 heteroatoms. The summed E-state index contributed by atoms with van der Waals surface area (Å²) in [4.78, 5) is 41.0. The third-order valence-corrected chi connectivity index (χ3v) is 7.30. The lowest BCUT2D eigenvalue weighted by Gasteiger charge is -2.26. The Morgan fingerprint density at radius 2 is 1.32 bits per heavy atom. The molecular formula is C34H36N6O4. The molecule has 0 unspecified atom stereocenters. The Labute approximate surface area is 257 Å². The van der Waals surface area contributed by atoms with Crippen LogP contribution >= 0.6 is 0 Å². The minimum absolute atomic E-state index is 0.199. The zero-order chi connectivity index (χ0) is 30.9. The van der Waals surface area contributed by atoms with Gasteiger partial charge in [0.25, 0.3) is 17.7 Å². The van der Waals surface area contributed by atoms with E-state index >= 15 is 0 Å². The summed E-state index contributed by atoms with van der Waals surface area (Å²) >= 11 is 0. The second kappa shape index (κ2) is 14.4. The van der Waals surface area contributed by atoms with Crippen LogP contribution < -0.4 is 16.0 Å². The molecule has 1 saturated heterocycles. The third kappa shape index (κ3) is 8.04. The SMILES string of the molecule is Cn1cc(NC(=O)c2cc(NC(=O)c3ccc(C#Cc4ccccc4)cc3)cn2C)cc1C(=O)NCCCN1CCOCC1. The monoisotopic (exact) mass is 592 g/mol. The van der Waals surface area contributed by atoms with E-state index in [0.717, 1.165) is 50.4 Å². The van der Waals surface area contributed by atoms with Gasteiger partial charge in [-0.3, -0.25) is 19.3 Å². The average Bonchev–Trinajstić information content (AvgIpc) is 3.60. The molecule has 0 bridgehead atoms. The van der Waals surface area contributed by atoms with E-state index < -0.39 is 0 Å². The number of aryl methyl sites for hydroxylation is 2. The molecule has 5 rings (SSSR count). The highest BCUT2D eigenvalue weighted by molar-refractivity contribution is 6.07. The topological polar surface area (TPSA) is 110 Å². The largest absolute Gasteiger partial charge is 0.379 e. The van der Waals surface area contributed by atoms with Gasteiger partial charge in [0.05, 0.1) is 24.6 Å². The predicted octanol–water partition coefficient (Wildman–Crippen LogP) is 3.72. The minimum atomic E-state index is -0.364. The van der Waals surface area contributed by atoms with Gasteiger partial charge in [-0.1, -0.05) is 30.0 Å². The van der Waals surface area contributed by atoms with Crippen LogP contribution in [0.3, 0.4) is 0 Å². The smallest absolute Gasteiger partial charge is 0.272 e. The number of benzene rings is 2. The second-order valence-corrected chi connectivity index (χ2v) is 10.6. The van der Waals surface area contributed by atoms with Crippen LogP contribution in [0.4, 0.5) is 11.4 Å². The summed E-state index contributed by atoms with van der Waals surface area (Å²) in [6.45, 7) is 4.82. The molecule has 1 fully saturated rings. The molecule has 0 aliphatic carbocycles. The number of hydrogen-bond donors (Lipinski definition) is 3. The van der Waals surface area contributed by atoms with Crippen molar-refractivity contribution in [1.82, 2.24) is 19.4 Å². The maximum absolute atomic E-state index is 13.1. The number of aromatic nitrogens is 2. The number of carbonyl (C=O) groups is 3. The standard InChI is InChI=1S/C34H36N6O4/c1-38-24-29(21-30(38)33(42)35-15-6-16-40-17-19-44-20-18-40)37-34(43)31-22-28(23-39(31)2)36-32(41)27-13-11-26(12-14-27)10-9-25-7-4-3-5-8-25/h3-5,7-8,11-14,21-24H,6,15-20H2,1-2H3,(H,35,42)(H,36,41)(H,37,43). The number of amides is 3. The summed E-state index contributed by atoms with van der Waals surface area (Å²) in [7, 11) is 3.49. The normalized spacial score (nSPS) is 13.0. The molecule has 0 atom stereocenters. The first kappa shape index (κ1) is 30.4. The Bertz CT molecular complexity index is 1670. The van der Waals surface area contributed by atoms with Gasteiger partial charge >= 0.3 is 0 Å². The molecule has 226 valence electrons. The van der Waals surface area contributed by atoms with Crippen molar-refractivity contribution < 1.29 is 19.1 Å². The Balaban J connectivity index is 1.13. The fraction of sp³-hybridized carbons (Fsp3) is 0.265. The first-order chi connectivity index (χ1) is 21.4. The summed E-state index contributed by atoms with van der Waals surface area (Å²) in [5.74, 6) is 5.34. The van der Waals surface area contributed by atoms with Crippen LogP contribution in [0.5, 0.6) is 0 Å². The summed E-state index contributed by atoms with van der Waals surface area (Å²) in [5, 5.41) is 8.65. The molecule has 44 heavy (non-hydrogen) atoms. The van der Waals surface area contributed by atoms with E-state index in [4.69, 9.17) is 4.74 Å². The van der Waals surface area contributed by atoms with Gasteiger partial charge in [0.2, 0.25) is 0 Å². The van der Waals surface area contributed by atoms with Crippen molar-refractivity contribution in [3.8, 4) is 11.8 Å². The fourth-order valence-corrected chi connectivity index (χ4v) is 4.91. The lowest BCUT2D eigenvalue weighted by molar-refractivity contribution is 0.0374. The van der Waals surface area contributed by atoms with Crippen LogP contribution in [-0.4, -0.2) is 71.1 Å². The van der Waals surface area contributed by atoms with Crippen LogP contribution in [0.2, 0.25) is 0 Å². The maximum Gasteiger partial charge on any atom is 0.272 e. The van der Waals surface area contributed by atoms with Crippen molar-refractivity contribution >= 4 is 29.1 Å². The lowest BCUT2D eigenvalue weighted by atomic mass is 10.1. The molecule has 3 heterocycles. The molecule has 2 aromatic heterocycles. The highest BCUT2D eigenvalue weighted by Crippen LogP contribution is 2.18. The van der Waals surface area contributed by atoms with Crippen molar-refractivity contribution in [2.24, 2.45) is 14.1 Å². The van der Waals surface area contributed by atoms with E-state index in [1.807, 2.05) is 30.3 Å². The predicted molar refractivity (Wildman–Crippen MR) is 170 cm³/mol. The van der Waals surface area contributed by atoms with Crippen LogP contribution in [0.15, 0.2) is 79.1 Å². The van der Waals surface area contributed by atoms with Gasteiger partial charge in [0.15, 0.2) is 0 Å². The molecule has 2 aromatic carbocycles. The summed E-state index contributed by atoms with van der Waals surface area (Å²) in [6, 6.07) is 20.0. The van der Waals surface area contributed by atoms with E-state index in [-0.39, 0.29) is 17.7 Å². The number of rotatable bonds is 9. The van der Waals surface area contributed by atoms with E-state index in [9.17, 15) is 14.4 Å². The zero-order valence-electron chi connectivity index (χ0n) is 24.9. The first-order valence-corrected chi connectivity index (χ1v) is 14.6. The Morgan fingerprint density at radius 3 is 1.95 bits per heavy atom. The molecule has 1 aliphatic heterocycles. The number of nitrogens with zero attached hydrogens (tertiary/aromatic N) is 3. The number of morpholine rings is 1. The summed E-state index contributed by atoms with van der Waals surface area (Å²) < 4.78 is 8.69. The molecule has 4 aromatic rings. The van der Waals surface area contributed by atoms with E-state index in [0.29, 0.717) is 34.9 Å². The van der Waals surface area contributed by atoms with Gasteiger partial charge in [0, 0.05) is 62.8 Å². The van der Waals surface area contributed by atoms with E-state index in [1.165, 1.54) is 0 Å². The highest BCUT2D eigenvalue weighted by atomic mass is 16.5. The van der Waals surface area contributed by atoms with Gasteiger partial charge < -0.3 is 29.8 Å². The highest BCUT2D eigenvalue weighted by Gasteiger charge is 2.17. The minimum Gasteiger partial charge on any atom is -0.379 e. The van der Waals surface area contributed by atoms with Crippen molar-refractivity contribution in [1.29, 1.82) is 0 Å². The number of anilines is 2. The van der Waals surface area contributed by atoms with Crippen molar-refractivity contribution in [3.05, 3.63) is 107 Å². The molecule has 3 N–H and O–H groups in total. The van der Waals surface area contributed by atoms with Gasteiger partial charge in [-0.25, -0.2) is 0 Å². The van der Waals surface area contributed by atoms with Crippen molar-refractivity contribution in [2.75, 3.05) is 50.0 Å². The molecule has 0 saturated carbocycles. The van der Waals surface area contributed by atoms with Gasteiger partial charge in [-0.15, -0.1) is 0 Å². The number of nitrogens with one attached hydrogen (secondary N) is 3. The average molecular weight is 593 g/mol. The fourth-order valence-electron chi connectivity index (χ4n) is 4.91. The molecule has 10 nitrogen and oxygen atoms in total. The molecule has 3 amide bonds. The second-order valence-electron chi connectivity index (χ2n) is 10.6. The Morgan fingerprint density at radius 1 is 0.750 bits per heavy atom. The van der Waals surface area contributed by atoms with E-state index in [2.05, 4.69) is 32.7 Å². The Hall–Kier alpha value is -5.11. The number of hydrogen-bond acceptors (Lipinski definition) is 5. The third-order valence-electron chi connectivity index (χ3n) is 7.30. The maximum atomic E-state index is 13.1. The zero-order valence-corrected chi connectivity index (χ0v) is 24.9. The lowest BCUT2D eigenvalue weighted by Crippen LogP contribution is -2.38.